The van der Waals surface area contributed by atoms with Crippen LogP contribution >= 0.6 is 11.6 Å². The Hall–Kier alpha value is -1.00. The molecular weight excluding hydrogens is 274 g/mol. The minimum Gasteiger partial charge on any atom is -0.356 e. The summed E-state index contributed by atoms with van der Waals surface area (Å²) in [6.45, 7) is 5.34. The molecule has 0 bridgehead atoms. The highest BCUT2D eigenvalue weighted by atomic mass is 35.5. The summed E-state index contributed by atoms with van der Waals surface area (Å²) in [5.74, 6) is 0.0994. The Morgan fingerprint density at radius 1 is 1.35 bits per heavy atom. The lowest BCUT2D eigenvalue weighted by Gasteiger charge is -2.34. The van der Waals surface area contributed by atoms with Crippen LogP contribution in [0.4, 0.5) is 0 Å². The van der Waals surface area contributed by atoms with E-state index in [-0.39, 0.29) is 5.91 Å². The number of aromatic nitrogens is 1. The van der Waals surface area contributed by atoms with E-state index in [1.807, 2.05) is 0 Å². The third-order valence-electron chi connectivity index (χ3n) is 4.70. The molecule has 20 heavy (non-hydrogen) atoms. The quantitative estimate of drug-likeness (QED) is 0.931. The molecule has 0 unspecified atom stereocenters. The number of nitrogens with one attached hydrogen (secondary N) is 1. The fraction of sp³-hybridized carbons (Fsp3) is 0.667. The Morgan fingerprint density at radius 2 is 2.10 bits per heavy atom. The SMILES string of the molecule is CCN1CCC[C@H]1[C@@H]1CCCN1C(=O)c1cc(Cl)c[nH]1. The van der Waals surface area contributed by atoms with E-state index in [1.165, 1.54) is 19.4 Å². The molecular formula is C15H22ClN3O. The molecule has 2 aliphatic rings. The van der Waals surface area contributed by atoms with Crippen LogP contribution in [0.3, 0.4) is 0 Å². The molecule has 1 N–H and O–H groups in total. The van der Waals surface area contributed by atoms with Crippen molar-refractivity contribution in [2.24, 2.45) is 0 Å². The van der Waals surface area contributed by atoms with Crippen LogP contribution in [0.5, 0.6) is 0 Å². The average molecular weight is 296 g/mol. The van der Waals surface area contributed by atoms with E-state index in [9.17, 15) is 4.79 Å². The number of carbonyl (C=O) groups excluding carboxylic acids is 1. The molecule has 2 aliphatic heterocycles. The fourth-order valence-corrected chi connectivity index (χ4v) is 3.93. The van der Waals surface area contributed by atoms with E-state index < -0.39 is 0 Å². The highest BCUT2D eigenvalue weighted by molar-refractivity contribution is 6.30. The summed E-state index contributed by atoms with van der Waals surface area (Å²) >= 11 is 5.91. The maximum absolute atomic E-state index is 12.6. The van der Waals surface area contributed by atoms with Crippen molar-refractivity contribution in [3.8, 4) is 0 Å². The molecule has 0 saturated carbocycles. The van der Waals surface area contributed by atoms with Crippen molar-refractivity contribution >= 4 is 17.5 Å². The first kappa shape index (κ1) is 14.0. The summed E-state index contributed by atoms with van der Waals surface area (Å²) in [4.78, 5) is 20.2. The van der Waals surface area contributed by atoms with Gasteiger partial charge >= 0.3 is 0 Å². The van der Waals surface area contributed by atoms with Crippen LogP contribution in [0, 0.1) is 0 Å². The van der Waals surface area contributed by atoms with Gasteiger partial charge in [0.15, 0.2) is 0 Å². The first-order valence-corrected chi connectivity index (χ1v) is 7.97. The second kappa shape index (κ2) is 5.78. The summed E-state index contributed by atoms with van der Waals surface area (Å²) in [5, 5.41) is 0.597. The number of halogens is 1. The largest absolute Gasteiger partial charge is 0.356 e. The monoisotopic (exact) mass is 295 g/mol. The highest BCUT2D eigenvalue weighted by Crippen LogP contribution is 2.30. The van der Waals surface area contributed by atoms with Crippen molar-refractivity contribution in [2.75, 3.05) is 19.6 Å². The van der Waals surface area contributed by atoms with Crippen molar-refractivity contribution in [3.63, 3.8) is 0 Å². The molecule has 2 saturated heterocycles. The van der Waals surface area contributed by atoms with E-state index in [2.05, 4.69) is 21.7 Å². The van der Waals surface area contributed by atoms with Crippen molar-refractivity contribution in [2.45, 2.75) is 44.7 Å². The molecule has 2 atom stereocenters. The first-order chi connectivity index (χ1) is 9.70. The molecule has 0 radical (unpaired) electrons. The summed E-state index contributed by atoms with van der Waals surface area (Å²) in [7, 11) is 0. The first-order valence-electron chi connectivity index (χ1n) is 7.59. The molecule has 1 amide bonds. The molecule has 5 heteroatoms. The standard InChI is InChI=1S/C15H22ClN3O/c1-2-18-7-3-5-13(18)14-6-4-8-19(14)15(20)12-9-11(16)10-17-12/h9-10,13-14,17H,2-8H2,1H3/t13-,14-/m0/s1. The lowest BCUT2D eigenvalue weighted by molar-refractivity contribution is 0.0645. The van der Waals surface area contributed by atoms with E-state index in [1.54, 1.807) is 12.3 Å². The van der Waals surface area contributed by atoms with Crippen LogP contribution in [-0.4, -0.2) is 52.4 Å². The van der Waals surface area contributed by atoms with Crippen molar-refractivity contribution in [1.29, 1.82) is 0 Å². The Balaban J connectivity index is 1.77. The number of hydrogen-bond acceptors (Lipinski definition) is 2. The number of H-pyrrole nitrogens is 1. The van der Waals surface area contributed by atoms with E-state index >= 15 is 0 Å². The van der Waals surface area contributed by atoms with Gasteiger partial charge in [0.05, 0.1) is 5.02 Å². The lowest BCUT2D eigenvalue weighted by atomic mass is 10.0. The molecule has 0 aliphatic carbocycles. The van der Waals surface area contributed by atoms with Gasteiger partial charge in [-0.25, -0.2) is 0 Å². The van der Waals surface area contributed by atoms with Crippen LogP contribution in [-0.2, 0) is 0 Å². The van der Waals surface area contributed by atoms with Gasteiger partial charge in [-0.15, -0.1) is 0 Å². The van der Waals surface area contributed by atoms with E-state index in [0.29, 0.717) is 22.8 Å². The van der Waals surface area contributed by atoms with Gasteiger partial charge < -0.3 is 9.88 Å². The van der Waals surface area contributed by atoms with Gasteiger partial charge in [0.2, 0.25) is 0 Å². The number of hydrogen-bond donors (Lipinski definition) is 1. The number of aromatic amines is 1. The van der Waals surface area contributed by atoms with Gasteiger partial charge in [0.1, 0.15) is 5.69 Å². The number of likely N-dealkylation sites (tertiary alicyclic amines) is 2. The van der Waals surface area contributed by atoms with Gasteiger partial charge in [-0.3, -0.25) is 9.69 Å². The predicted octanol–water partition coefficient (Wildman–Crippen LogP) is 2.76. The van der Waals surface area contributed by atoms with Gasteiger partial charge in [-0.05, 0) is 44.8 Å². The smallest absolute Gasteiger partial charge is 0.270 e. The Morgan fingerprint density at radius 3 is 2.80 bits per heavy atom. The Kier molecular flexibility index (Phi) is 4.03. The number of nitrogens with zero attached hydrogens (tertiary/aromatic N) is 2. The zero-order valence-corrected chi connectivity index (χ0v) is 12.7. The van der Waals surface area contributed by atoms with Crippen LogP contribution in [0.1, 0.15) is 43.1 Å². The van der Waals surface area contributed by atoms with Crippen LogP contribution in [0.2, 0.25) is 5.02 Å². The van der Waals surface area contributed by atoms with Gasteiger partial charge in [-0.2, -0.15) is 0 Å². The van der Waals surface area contributed by atoms with E-state index in [0.717, 1.165) is 25.9 Å². The van der Waals surface area contributed by atoms with Gasteiger partial charge in [0.25, 0.3) is 5.91 Å². The minimum absolute atomic E-state index is 0.0994. The van der Waals surface area contributed by atoms with E-state index in [4.69, 9.17) is 11.6 Å². The van der Waals surface area contributed by atoms with Crippen molar-refractivity contribution in [1.82, 2.24) is 14.8 Å². The van der Waals surface area contributed by atoms with Crippen molar-refractivity contribution < 1.29 is 4.79 Å². The molecule has 0 spiro atoms. The third kappa shape index (κ3) is 2.47. The zero-order chi connectivity index (χ0) is 14.1. The summed E-state index contributed by atoms with van der Waals surface area (Å²) in [6.07, 6.45) is 6.38. The Bertz CT molecular complexity index is 487. The minimum atomic E-state index is 0.0994. The Labute approximate surface area is 125 Å². The maximum Gasteiger partial charge on any atom is 0.270 e. The van der Waals surface area contributed by atoms with Crippen molar-refractivity contribution in [3.05, 3.63) is 23.0 Å². The predicted molar refractivity (Wildman–Crippen MR) is 80.1 cm³/mol. The van der Waals surface area contributed by atoms with Gasteiger partial charge in [0, 0.05) is 24.8 Å². The number of carbonyl (C=O) groups is 1. The average Bonchev–Trinajstić information content (AvgIpc) is 3.16. The van der Waals surface area contributed by atoms with Gasteiger partial charge in [-0.1, -0.05) is 18.5 Å². The molecule has 2 fully saturated rings. The normalized spacial score (nSPS) is 27.4. The number of likely N-dealkylation sites (N-methyl/N-ethyl adjacent to an activating group) is 1. The molecule has 3 rings (SSSR count). The van der Waals surface area contributed by atoms with Crippen LogP contribution in [0.25, 0.3) is 0 Å². The number of rotatable bonds is 3. The lowest BCUT2D eigenvalue weighted by Crippen LogP contribution is -2.48. The second-order valence-electron chi connectivity index (χ2n) is 5.78. The third-order valence-corrected chi connectivity index (χ3v) is 4.92. The maximum atomic E-state index is 12.6. The molecule has 1 aromatic rings. The highest BCUT2D eigenvalue weighted by Gasteiger charge is 2.39. The summed E-state index contributed by atoms with van der Waals surface area (Å²) in [6, 6.07) is 2.63. The molecule has 110 valence electrons. The molecule has 0 aromatic carbocycles. The summed E-state index contributed by atoms with van der Waals surface area (Å²) < 4.78 is 0. The number of amides is 1. The van der Waals surface area contributed by atoms with Crippen LogP contribution < -0.4 is 0 Å². The zero-order valence-electron chi connectivity index (χ0n) is 11.9. The molecule has 3 heterocycles. The fourth-order valence-electron chi connectivity index (χ4n) is 3.77. The molecule has 4 nitrogen and oxygen atoms in total. The summed E-state index contributed by atoms with van der Waals surface area (Å²) in [5.41, 5.74) is 0.614. The van der Waals surface area contributed by atoms with Crippen LogP contribution in [0.15, 0.2) is 12.3 Å². The molecule has 1 aromatic heterocycles. The second-order valence-corrected chi connectivity index (χ2v) is 6.21. The topological polar surface area (TPSA) is 39.3 Å².